The van der Waals surface area contributed by atoms with Gasteiger partial charge in [-0.05, 0) is 42.5 Å². The van der Waals surface area contributed by atoms with Crippen LogP contribution in [-0.2, 0) is 9.59 Å². The second-order valence-corrected chi connectivity index (χ2v) is 7.04. The molecule has 0 spiro atoms. The van der Waals surface area contributed by atoms with E-state index >= 15 is 0 Å². The molecule has 1 aliphatic heterocycles. The molecule has 1 aliphatic rings. The highest BCUT2D eigenvalue weighted by atomic mass is 79.9. The Morgan fingerprint density at radius 2 is 1.83 bits per heavy atom. The third-order valence-electron chi connectivity index (χ3n) is 4.23. The van der Waals surface area contributed by atoms with Gasteiger partial charge < -0.3 is 4.42 Å². The third kappa shape index (κ3) is 3.67. The molecule has 2 heterocycles. The van der Waals surface area contributed by atoms with Gasteiger partial charge in [0, 0.05) is 22.2 Å². The highest BCUT2D eigenvalue weighted by molar-refractivity contribution is 9.10. The van der Waals surface area contributed by atoms with E-state index in [1.807, 2.05) is 0 Å². The zero-order valence-corrected chi connectivity index (χ0v) is 16.3. The molecule has 29 heavy (non-hydrogen) atoms. The van der Waals surface area contributed by atoms with Crippen molar-refractivity contribution in [1.29, 1.82) is 0 Å². The van der Waals surface area contributed by atoms with Crippen LogP contribution in [0.5, 0.6) is 0 Å². The van der Waals surface area contributed by atoms with E-state index in [9.17, 15) is 19.7 Å². The maximum atomic E-state index is 12.6. The van der Waals surface area contributed by atoms with E-state index in [0.717, 1.165) is 9.48 Å². The molecule has 0 radical (unpaired) electrons. The molecule has 0 atom stereocenters. The Hall–Kier alpha value is -3.72. The predicted octanol–water partition coefficient (Wildman–Crippen LogP) is 4.08. The molecule has 1 aromatic heterocycles. The smallest absolute Gasteiger partial charge is 0.282 e. The molecule has 9 heteroatoms. The number of hydrazine groups is 1. The highest BCUT2D eigenvalue weighted by Crippen LogP contribution is 2.28. The maximum Gasteiger partial charge on any atom is 0.282 e. The van der Waals surface area contributed by atoms with Crippen LogP contribution in [0.3, 0.4) is 0 Å². The van der Waals surface area contributed by atoms with Crippen LogP contribution < -0.4 is 10.4 Å². The molecular formula is C20H12BrN3O5. The average molecular weight is 454 g/mol. The summed E-state index contributed by atoms with van der Waals surface area (Å²) < 4.78 is 6.51. The number of anilines is 1. The molecule has 8 nitrogen and oxygen atoms in total. The number of amides is 2. The molecule has 0 aliphatic carbocycles. The van der Waals surface area contributed by atoms with Gasteiger partial charge in [0.2, 0.25) is 0 Å². The summed E-state index contributed by atoms with van der Waals surface area (Å²) in [5, 5.41) is 12.1. The molecule has 1 saturated heterocycles. The maximum absolute atomic E-state index is 12.6. The Morgan fingerprint density at radius 3 is 2.55 bits per heavy atom. The Balaban J connectivity index is 1.61. The van der Waals surface area contributed by atoms with E-state index in [0.29, 0.717) is 17.0 Å². The number of furan rings is 1. The van der Waals surface area contributed by atoms with Crippen molar-refractivity contribution in [2.75, 3.05) is 5.01 Å². The lowest BCUT2D eigenvalue weighted by atomic mass is 10.1. The number of carbonyl (C=O) groups excluding carboxylic acids is 2. The number of nitro benzene ring substituents is 1. The topological polar surface area (TPSA) is 106 Å². The minimum absolute atomic E-state index is 0.0608. The van der Waals surface area contributed by atoms with Gasteiger partial charge in [-0.25, -0.2) is 5.01 Å². The van der Waals surface area contributed by atoms with Gasteiger partial charge >= 0.3 is 0 Å². The molecule has 0 bridgehead atoms. The molecule has 4 rings (SSSR count). The fourth-order valence-corrected chi connectivity index (χ4v) is 3.09. The number of halogens is 1. The lowest BCUT2D eigenvalue weighted by Gasteiger charge is -2.14. The number of hydrogen-bond donors (Lipinski definition) is 1. The molecule has 0 unspecified atom stereocenters. The van der Waals surface area contributed by atoms with Gasteiger partial charge in [0.25, 0.3) is 17.5 Å². The van der Waals surface area contributed by atoms with Crippen molar-refractivity contribution in [2.45, 2.75) is 0 Å². The van der Waals surface area contributed by atoms with Crippen LogP contribution in [0, 0.1) is 10.1 Å². The summed E-state index contributed by atoms with van der Waals surface area (Å²) in [5.74, 6) is -0.393. The molecule has 1 fully saturated rings. The third-order valence-corrected chi connectivity index (χ3v) is 4.76. The van der Waals surface area contributed by atoms with Crippen molar-refractivity contribution >= 4 is 45.2 Å². The van der Waals surface area contributed by atoms with E-state index in [4.69, 9.17) is 4.42 Å². The number of carbonyl (C=O) groups is 2. The zero-order chi connectivity index (χ0) is 20.5. The number of rotatable bonds is 4. The van der Waals surface area contributed by atoms with Gasteiger partial charge in [0.05, 0.1) is 10.6 Å². The summed E-state index contributed by atoms with van der Waals surface area (Å²) in [6, 6.07) is 16.1. The van der Waals surface area contributed by atoms with Gasteiger partial charge in [-0.3, -0.25) is 25.1 Å². The number of hydrogen-bond acceptors (Lipinski definition) is 5. The van der Waals surface area contributed by atoms with Crippen LogP contribution in [-0.4, -0.2) is 16.7 Å². The van der Waals surface area contributed by atoms with Crippen LogP contribution in [0.2, 0.25) is 0 Å². The van der Waals surface area contributed by atoms with Crippen LogP contribution in [0.1, 0.15) is 5.76 Å². The average Bonchev–Trinajstić information content (AvgIpc) is 3.29. The summed E-state index contributed by atoms with van der Waals surface area (Å²) in [4.78, 5) is 35.4. The van der Waals surface area contributed by atoms with Gasteiger partial charge in [-0.15, -0.1) is 0 Å². The van der Waals surface area contributed by atoms with E-state index < -0.39 is 16.7 Å². The Morgan fingerprint density at radius 1 is 1.07 bits per heavy atom. The van der Waals surface area contributed by atoms with Crippen LogP contribution in [0.15, 0.2) is 75.1 Å². The Kier molecular flexibility index (Phi) is 4.73. The number of nitrogens with one attached hydrogen (secondary N) is 1. The van der Waals surface area contributed by atoms with Crippen molar-refractivity contribution < 1.29 is 18.9 Å². The van der Waals surface area contributed by atoms with Crippen molar-refractivity contribution in [3.8, 4) is 11.3 Å². The molecule has 2 amide bonds. The second kappa shape index (κ2) is 7.36. The van der Waals surface area contributed by atoms with E-state index in [1.165, 1.54) is 18.2 Å². The summed E-state index contributed by atoms with van der Waals surface area (Å²) in [7, 11) is 0. The minimum atomic E-state index is -0.550. The number of benzene rings is 2. The largest absolute Gasteiger partial charge is 0.457 e. The summed E-state index contributed by atoms with van der Waals surface area (Å²) in [5.41, 5.74) is 3.41. The molecular weight excluding hydrogens is 442 g/mol. The van der Waals surface area contributed by atoms with E-state index in [-0.39, 0.29) is 17.0 Å². The molecule has 2 aromatic carbocycles. The van der Waals surface area contributed by atoms with E-state index in [1.54, 1.807) is 48.5 Å². The van der Waals surface area contributed by atoms with Crippen LogP contribution >= 0.6 is 15.9 Å². The van der Waals surface area contributed by atoms with Crippen molar-refractivity contribution in [3.05, 3.63) is 86.6 Å². The fourth-order valence-electron chi connectivity index (χ4n) is 2.83. The van der Waals surface area contributed by atoms with Crippen molar-refractivity contribution in [1.82, 2.24) is 5.43 Å². The monoisotopic (exact) mass is 453 g/mol. The van der Waals surface area contributed by atoms with E-state index in [2.05, 4.69) is 21.4 Å². The first-order valence-corrected chi connectivity index (χ1v) is 9.19. The molecule has 144 valence electrons. The van der Waals surface area contributed by atoms with Crippen LogP contribution in [0.25, 0.3) is 17.4 Å². The van der Waals surface area contributed by atoms with Gasteiger partial charge in [-0.1, -0.05) is 28.1 Å². The molecule has 1 N–H and O–H groups in total. The summed E-state index contributed by atoms with van der Waals surface area (Å²) >= 11 is 3.32. The first kappa shape index (κ1) is 18.6. The first-order chi connectivity index (χ1) is 13.9. The van der Waals surface area contributed by atoms with Crippen molar-refractivity contribution in [3.63, 3.8) is 0 Å². The van der Waals surface area contributed by atoms with Gasteiger partial charge in [-0.2, -0.15) is 0 Å². The first-order valence-electron chi connectivity index (χ1n) is 8.40. The Bertz CT molecular complexity index is 1170. The molecule has 0 saturated carbocycles. The zero-order valence-electron chi connectivity index (χ0n) is 14.7. The number of nitro groups is 1. The standard InChI is InChI=1S/C20H12BrN3O5/c21-13-4-6-14(7-5-13)23-20(26)17(19(25)22-23)11-16-8-9-18(29-16)12-2-1-3-15(10-12)24(27)28/h1-11H,(H,22,25)/b17-11-. The predicted molar refractivity (Wildman–Crippen MR) is 109 cm³/mol. The Labute approximate surface area is 172 Å². The molecule has 3 aromatic rings. The lowest BCUT2D eigenvalue weighted by Crippen LogP contribution is -2.35. The van der Waals surface area contributed by atoms with Crippen LogP contribution in [0.4, 0.5) is 11.4 Å². The van der Waals surface area contributed by atoms with Gasteiger partial charge in [0.1, 0.15) is 17.1 Å². The minimum Gasteiger partial charge on any atom is -0.457 e. The summed E-state index contributed by atoms with van der Waals surface area (Å²) in [6.07, 6.45) is 1.34. The highest BCUT2D eigenvalue weighted by Gasteiger charge is 2.34. The normalized spacial score (nSPS) is 15.1. The number of non-ortho nitro benzene ring substituents is 1. The SMILES string of the molecule is O=C1NN(c2ccc(Br)cc2)C(=O)/C1=C\c1ccc(-c2cccc([N+](=O)[O-])c2)o1. The van der Waals surface area contributed by atoms with Crippen molar-refractivity contribution in [2.24, 2.45) is 0 Å². The number of nitrogens with zero attached hydrogens (tertiary/aromatic N) is 2. The lowest BCUT2D eigenvalue weighted by molar-refractivity contribution is -0.384. The fraction of sp³-hybridized carbons (Fsp3) is 0. The summed E-state index contributed by atoms with van der Waals surface area (Å²) in [6.45, 7) is 0. The quantitative estimate of drug-likeness (QED) is 0.277. The van der Waals surface area contributed by atoms with Gasteiger partial charge in [0.15, 0.2) is 0 Å². The second-order valence-electron chi connectivity index (χ2n) is 6.13.